The van der Waals surface area contributed by atoms with Crippen LogP contribution in [0.2, 0.25) is 0 Å². The maximum Gasteiger partial charge on any atom is 0.251 e. The number of pyridine rings is 1. The monoisotopic (exact) mass is 521 g/mol. The van der Waals surface area contributed by atoms with Gasteiger partial charge in [-0.05, 0) is 51.5 Å². The summed E-state index contributed by atoms with van der Waals surface area (Å²) >= 11 is 1.62. The smallest absolute Gasteiger partial charge is 0.251 e. The van der Waals surface area contributed by atoms with Crippen LogP contribution >= 0.6 is 11.3 Å². The first-order valence-electron chi connectivity index (χ1n) is 12.7. The van der Waals surface area contributed by atoms with Gasteiger partial charge in [-0.1, -0.05) is 0 Å². The molecule has 3 aromatic heterocycles. The fraction of sp³-hybridized carbons (Fsp3) is 0.429. The number of rotatable bonds is 7. The van der Waals surface area contributed by atoms with Gasteiger partial charge in [-0.25, -0.2) is 0 Å². The molecule has 2 aliphatic heterocycles. The van der Waals surface area contributed by atoms with Crippen LogP contribution in [0, 0.1) is 6.92 Å². The average Bonchev–Trinajstić information content (AvgIpc) is 3.57. The third-order valence-corrected chi connectivity index (χ3v) is 8.25. The average molecular weight is 522 g/mol. The lowest BCUT2D eigenvalue weighted by molar-refractivity contribution is 0.0187. The molecule has 1 saturated heterocycles. The molecule has 3 aromatic rings. The molecule has 2 unspecified atom stereocenters. The van der Waals surface area contributed by atoms with Crippen molar-refractivity contribution < 1.29 is 14.3 Å². The zero-order valence-electron chi connectivity index (χ0n) is 22.1. The summed E-state index contributed by atoms with van der Waals surface area (Å²) in [6.45, 7) is 12.0. The maximum atomic E-state index is 13.6. The molecule has 0 bridgehead atoms. The van der Waals surface area contributed by atoms with E-state index in [4.69, 9.17) is 9.47 Å². The second kappa shape index (κ2) is 10.7. The number of hydrogen-bond acceptors (Lipinski definition) is 7. The number of dihydropyridines is 1. The Hall–Kier alpha value is -3.14. The Kier molecular flexibility index (Phi) is 7.37. The Morgan fingerprint density at radius 1 is 1.32 bits per heavy atom. The highest BCUT2D eigenvalue weighted by Crippen LogP contribution is 2.33. The van der Waals surface area contributed by atoms with E-state index in [1.54, 1.807) is 18.4 Å². The third kappa shape index (κ3) is 5.03. The van der Waals surface area contributed by atoms with Crippen molar-refractivity contribution in [1.82, 2.24) is 24.9 Å². The molecule has 0 spiro atoms. The Morgan fingerprint density at radius 3 is 2.81 bits per heavy atom. The lowest BCUT2D eigenvalue weighted by atomic mass is 9.99. The van der Waals surface area contributed by atoms with Crippen LogP contribution < -0.4 is 10.6 Å². The van der Waals surface area contributed by atoms with E-state index in [9.17, 15) is 4.79 Å². The summed E-state index contributed by atoms with van der Waals surface area (Å²) in [5.74, 6) is 0.719. The number of nitrogens with one attached hydrogen (secondary N) is 2. The lowest BCUT2D eigenvalue weighted by Gasteiger charge is -2.34. The number of morpholine rings is 1. The van der Waals surface area contributed by atoms with Crippen molar-refractivity contribution in [2.24, 2.45) is 0 Å². The van der Waals surface area contributed by atoms with Crippen molar-refractivity contribution in [2.75, 3.05) is 40.0 Å². The molecule has 37 heavy (non-hydrogen) atoms. The highest BCUT2D eigenvalue weighted by Gasteiger charge is 2.26. The topological polar surface area (TPSA) is 80.1 Å². The van der Waals surface area contributed by atoms with Gasteiger partial charge < -0.3 is 24.5 Å². The molecule has 1 amide bonds. The number of amides is 1. The van der Waals surface area contributed by atoms with Gasteiger partial charge in [0.25, 0.3) is 5.91 Å². The molecular weight excluding hydrogens is 486 g/mol. The van der Waals surface area contributed by atoms with Crippen molar-refractivity contribution >= 4 is 22.8 Å². The Labute approximate surface area is 222 Å². The minimum Gasteiger partial charge on any atom is -0.497 e. The number of ether oxygens (including phenoxy) is 2. The SMILES string of the molecule is COC1=C(CNC(=O)c2cc3cc(-c4cncs4)cn3c(C(C)N3CCOCC3)c2C)C(C)NC(C)=C1. The minimum absolute atomic E-state index is 0.0772. The molecular formula is C28H35N5O3S. The van der Waals surface area contributed by atoms with Gasteiger partial charge in [-0.15, -0.1) is 11.3 Å². The van der Waals surface area contributed by atoms with Crippen LogP contribution in [0.5, 0.6) is 0 Å². The van der Waals surface area contributed by atoms with E-state index in [1.807, 2.05) is 30.8 Å². The number of hydrogen-bond donors (Lipinski definition) is 2. The van der Waals surface area contributed by atoms with E-state index < -0.39 is 0 Å². The van der Waals surface area contributed by atoms with Crippen LogP contribution in [-0.2, 0) is 9.47 Å². The van der Waals surface area contributed by atoms with E-state index in [0.29, 0.717) is 12.1 Å². The molecule has 1 fully saturated rings. The highest BCUT2D eigenvalue weighted by molar-refractivity contribution is 7.13. The maximum absolute atomic E-state index is 13.6. The minimum atomic E-state index is -0.0857. The molecule has 5 heterocycles. The van der Waals surface area contributed by atoms with Gasteiger partial charge >= 0.3 is 0 Å². The molecule has 0 saturated carbocycles. The van der Waals surface area contributed by atoms with Gasteiger partial charge in [0.05, 0.1) is 30.7 Å². The summed E-state index contributed by atoms with van der Waals surface area (Å²) in [6, 6.07) is 4.35. The number of allylic oxidation sites excluding steroid dienone is 2. The first-order valence-corrected chi connectivity index (χ1v) is 13.6. The zero-order chi connectivity index (χ0) is 26.1. The molecule has 0 radical (unpaired) electrons. The summed E-state index contributed by atoms with van der Waals surface area (Å²) in [5, 5.41) is 6.58. The summed E-state index contributed by atoms with van der Waals surface area (Å²) < 4.78 is 13.5. The van der Waals surface area contributed by atoms with E-state index in [1.165, 1.54) is 0 Å². The Morgan fingerprint density at radius 2 is 2.11 bits per heavy atom. The number of carbonyl (C=O) groups excluding carboxylic acids is 1. The van der Waals surface area contributed by atoms with Gasteiger partial charge in [-0.2, -0.15) is 0 Å². The van der Waals surface area contributed by atoms with Crippen LogP contribution in [-0.4, -0.2) is 66.2 Å². The van der Waals surface area contributed by atoms with Crippen LogP contribution in [0.15, 0.2) is 53.1 Å². The molecule has 9 heteroatoms. The van der Waals surface area contributed by atoms with Crippen LogP contribution in [0.1, 0.15) is 48.4 Å². The van der Waals surface area contributed by atoms with Crippen molar-refractivity contribution in [2.45, 2.75) is 39.8 Å². The van der Waals surface area contributed by atoms with E-state index >= 15 is 0 Å². The fourth-order valence-corrected chi connectivity index (χ4v) is 6.03. The summed E-state index contributed by atoms with van der Waals surface area (Å²) in [6.07, 6.45) is 6.04. The number of thiazole rings is 1. The quantitative estimate of drug-likeness (QED) is 0.483. The van der Waals surface area contributed by atoms with Crippen molar-refractivity contribution in [3.05, 3.63) is 70.0 Å². The third-order valence-electron chi connectivity index (χ3n) is 7.43. The van der Waals surface area contributed by atoms with Gasteiger partial charge in [0.2, 0.25) is 0 Å². The van der Waals surface area contributed by atoms with E-state index in [2.05, 4.69) is 58.0 Å². The molecule has 2 aliphatic rings. The summed E-state index contributed by atoms with van der Waals surface area (Å²) in [5.41, 5.74) is 8.83. The standard InChI is InChI=1S/C28H35N5O3S/c1-17-10-25(35-5)24(19(3)31-17)13-30-28(34)23-12-22-11-21(26-14-29-16-37-26)15-33(22)27(18(23)2)20(4)32-6-8-36-9-7-32/h10-12,14-16,19-20,31H,6-9,13H2,1-5H3,(H,30,34). The molecule has 196 valence electrons. The predicted molar refractivity (Wildman–Crippen MR) is 147 cm³/mol. The van der Waals surface area contributed by atoms with E-state index in [-0.39, 0.29) is 18.0 Å². The molecule has 0 aromatic carbocycles. The van der Waals surface area contributed by atoms with Crippen molar-refractivity contribution in [3.63, 3.8) is 0 Å². The predicted octanol–water partition coefficient (Wildman–Crippen LogP) is 4.29. The van der Waals surface area contributed by atoms with Crippen molar-refractivity contribution in [1.29, 1.82) is 0 Å². The molecule has 5 rings (SSSR count). The van der Waals surface area contributed by atoms with Gasteiger partial charge in [-0.3, -0.25) is 14.7 Å². The summed E-state index contributed by atoms with van der Waals surface area (Å²) in [7, 11) is 1.67. The molecule has 2 atom stereocenters. The highest BCUT2D eigenvalue weighted by atomic mass is 32.1. The van der Waals surface area contributed by atoms with Crippen LogP contribution in [0.3, 0.4) is 0 Å². The Balaban J connectivity index is 1.52. The second-order valence-corrected chi connectivity index (χ2v) is 10.6. The van der Waals surface area contributed by atoms with Crippen molar-refractivity contribution in [3.8, 4) is 10.4 Å². The number of fused-ring (bicyclic) bond motifs is 1. The first kappa shape index (κ1) is 25.5. The van der Waals surface area contributed by atoms with Crippen LogP contribution in [0.25, 0.3) is 16.0 Å². The second-order valence-electron chi connectivity index (χ2n) is 9.75. The first-order chi connectivity index (χ1) is 17.9. The number of aromatic nitrogens is 2. The summed E-state index contributed by atoms with van der Waals surface area (Å²) in [4.78, 5) is 21.4. The normalized spacial score (nSPS) is 19.5. The zero-order valence-corrected chi connectivity index (χ0v) is 22.9. The van der Waals surface area contributed by atoms with E-state index in [0.717, 1.165) is 70.5 Å². The fourth-order valence-electron chi connectivity index (χ4n) is 5.43. The number of methoxy groups -OCH3 is 1. The lowest BCUT2D eigenvalue weighted by Crippen LogP contribution is -2.39. The van der Waals surface area contributed by atoms with Crippen LogP contribution in [0.4, 0.5) is 0 Å². The largest absolute Gasteiger partial charge is 0.497 e. The van der Waals surface area contributed by atoms with Gasteiger partial charge in [0.1, 0.15) is 5.76 Å². The molecule has 2 N–H and O–H groups in total. The van der Waals surface area contributed by atoms with Gasteiger partial charge in [0, 0.05) is 77.7 Å². The molecule has 8 nitrogen and oxygen atoms in total. The number of carbonyl (C=O) groups is 1. The Bertz CT molecular complexity index is 1350. The molecule has 0 aliphatic carbocycles. The number of nitrogens with zero attached hydrogens (tertiary/aromatic N) is 3. The van der Waals surface area contributed by atoms with Gasteiger partial charge in [0.15, 0.2) is 0 Å².